The van der Waals surface area contributed by atoms with E-state index in [0.29, 0.717) is 21.4 Å². The number of benzene rings is 2. The van der Waals surface area contributed by atoms with E-state index in [1.165, 1.54) is 19.1 Å². The van der Waals surface area contributed by atoms with E-state index in [-0.39, 0.29) is 16.5 Å². The van der Waals surface area contributed by atoms with Crippen molar-refractivity contribution in [1.82, 2.24) is 0 Å². The second kappa shape index (κ2) is 7.01. The summed E-state index contributed by atoms with van der Waals surface area (Å²) < 4.78 is 0. The zero-order chi connectivity index (χ0) is 16.3. The Morgan fingerprint density at radius 3 is 2.23 bits per heavy atom. The SMILES string of the molecule is CC(=O)Nc1ccc(NC(=O)c2ccc(Cl)cc2Cl)c(Cl)c1. The van der Waals surface area contributed by atoms with E-state index in [1.807, 2.05) is 0 Å². The Morgan fingerprint density at radius 2 is 1.64 bits per heavy atom. The zero-order valence-corrected chi connectivity index (χ0v) is 13.7. The third-order valence-corrected chi connectivity index (χ3v) is 3.57. The summed E-state index contributed by atoms with van der Waals surface area (Å²) in [4.78, 5) is 23.2. The molecule has 0 radical (unpaired) electrons. The molecule has 114 valence electrons. The molecule has 0 saturated heterocycles. The Balaban J connectivity index is 2.19. The van der Waals surface area contributed by atoms with Crippen molar-refractivity contribution in [3.8, 4) is 0 Å². The lowest BCUT2D eigenvalue weighted by Gasteiger charge is -2.10. The van der Waals surface area contributed by atoms with Crippen LogP contribution in [0.3, 0.4) is 0 Å². The fourth-order valence-corrected chi connectivity index (χ4v) is 2.48. The predicted molar refractivity (Wildman–Crippen MR) is 90.2 cm³/mol. The molecular weight excluding hydrogens is 347 g/mol. The smallest absolute Gasteiger partial charge is 0.257 e. The van der Waals surface area contributed by atoms with Crippen LogP contribution in [-0.4, -0.2) is 11.8 Å². The van der Waals surface area contributed by atoms with Gasteiger partial charge in [0.25, 0.3) is 5.91 Å². The summed E-state index contributed by atoms with van der Waals surface area (Å²) >= 11 is 17.9. The van der Waals surface area contributed by atoms with Gasteiger partial charge in [-0.05, 0) is 36.4 Å². The number of carbonyl (C=O) groups is 2. The van der Waals surface area contributed by atoms with E-state index in [1.54, 1.807) is 24.3 Å². The van der Waals surface area contributed by atoms with Gasteiger partial charge in [-0.2, -0.15) is 0 Å². The van der Waals surface area contributed by atoms with E-state index in [2.05, 4.69) is 10.6 Å². The lowest BCUT2D eigenvalue weighted by atomic mass is 10.2. The van der Waals surface area contributed by atoms with Gasteiger partial charge in [0, 0.05) is 17.6 Å². The van der Waals surface area contributed by atoms with Crippen LogP contribution in [0.2, 0.25) is 15.1 Å². The highest BCUT2D eigenvalue weighted by molar-refractivity contribution is 6.37. The number of carbonyl (C=O) groups excluding carboxylic acids is 2. The number of anilines is 2. The number of amides is 2. The van der Waals surface area contributed by atoms with Gasteiger partial charge in [-0.1, -0.05) is 34.8 Å². The minimum atomic E-state index is -0.407. The van der Waals surface area contributed by atoms with Crippen LogP contribution in [0.25, 0.3) is 0 Å². The van der Waals surface area contributed by atoms with Gasteiger partial charge in [0.05, 0.1) is 21.3 Å². The molecule has 2 N–H and O–H groups in total. The van der Waals surface area contributed by atoms with Crippen molar-refractivity contribution < 1.29 is 9.59 Å². The van der Waals surface area contributed by atoms with Crippen molar-refractivity contribution in [3.05, 3.63) is 57.0 Å². The van der Waals surface area contributed by atoms with Crippen LogP contribution in [0.4, 0.5) is 11.4 Å². The summed E-state index contributed by atoms with van der Waals surface area (Å²) in [5.41, 5.74) is 1.24. The molecule has 7 heteroatoms. The van der Waals surface area contributed by atoms with Crippen LogP contribution in [0.1, 0.15) is 17.3 Å². The number of hydrogen-bond donors (Lipinski definition) is 2. The van der Waals surface area contributed by atoms with Crippen molar-refractivity contribution in [2.24, 2.45) is 0 Å². The Morgan fingerprint density at radius 1 is 0.909 bits per heavy atom. The highest BCUT2D eigenvalue weighted by Crippen LogP contribution is 2.27. The second-order valence-corrected chi connectivity index (χ2v) is 5.70. The van der Waals surface area contributed by atoms with Gasteiger partial charge < -0.3 is 10.6 Å². The van der Waals surface area contributed by atoms with Gasteiger partial charge in [-0.3, -0.25) is 9.59 Å². The minimum Gasteiger partial charge on any atom is -0.326 e. The van der Waals surface area contributed by atoms with Crippen LogP contribution in [0.5, 0.6) is 0 Å². The molecule has 2 aromatic carbocycles. The first-order valence-corrected chi connectivity index (χ1v) is 7.34. The van der Waals surface area contributed by atoms with Gasteiger partial charge in [0.1, 0.15) is 0 Å². The molecule has 0 spiro atoms. The van der Waals surface area contributed by atoms with Gasteiger partial charge in [-0.25, -0.2) is 0 Å². The third-order valence-electron chi connectivity index (χ3n) is 2.71. The lowest BCUT2D eigenvalue weighted by Crippen LogP contribution is -2.13. The zero-order valence-electron chi connectivity index (χ0n) is 11.4. The molecule has 0 saturated carbocycles. The molecule has 0 bridgehead atoms. The van der Waals surface area contributed by atoms with Crippen LogP contribution in [0, 0.1) is 0 Å². The van der Waals surface area contributed by atoms with Crippen molar-refractivity contribution in [1.29, 1.82) is 0 Å². The van der Waals surface area contributed by atoms with Gasteiger partial charge >= 0.3 is 0 Å². The summed E-state index contributed by atoms with van der Waals surface area (Å²) in [6.45, 7) is 1.39. The molecule has 0 aliphatic rings. The molecule has 0 unspecified atom stereocenters. The molecular formula is C15H11Cl3N2O2. The Labute approximate surface area is 142 Å². The summed E-state index contributed by atoms with van der Waals surface area (Å²) in [7, 11) is 0. The lowest BCUT2D eigenvalue weighted by molar-refractivity contribution is -0.114. The van der Waals surface area contributed by atoms with Crippen molar-refractivity contribution in [2.45, 2.75) is 6.92 Å². The second-order valence-electron chi connectivity index (χ2n) is 4.45. The molecule has 0 aliphatic carbocycles. The predicted octanol–water partition coefficient (Wildman–Crippen LogP) is 4.86. The first-order valence-electron chi connectivity index (χ1n) is 6.20. The maximum absolute atomic E-state index is 12.2. The Bertz CT molecular complexity index is 748. The first-order chi connectivity index (χ1) is 10.4. The Kier molecular flexibility index (Phi) is 5.29. The molecule has 0 heterocycles. The van der Waals surface area contributed by atoms with Crippen LogP contribution < -0.4 is 10.6 Å². The van der Waals surface area contributed by atoms with Gasteiger partial charge in [-0.15, -0.1) is 0 Å². The Hall–Kier alpha value is -1.75. The third kappa shape index (κ3) is 4.13. The molecule has 2 rings (SSSR count). The van der Waals surface area contributed by atoms with E-state index in [0.717, 1.165) is 0 Å². The molecule has 2 aromatic rings. The number of rotatable bonds is 3. The monoisotopic (exact) mass is 356 g/mol. The largest absolute Gasteiger partial charge is 0.326 e. The molecule has 2 amide bonds. The van der Waals surface area contributed by atoms with Gasteiger partial charge in [0.15, 0.2) is 0 Å². The number of hydrogen-bond acceptors (Lipinski definition) is 2. The minimum absolute atomic E-state index is 0.208. The first kappa shape index (κ1) is 16.6. The normalized spacial score (nSPS) is 10.2. The van der Waals surface area contributed by atoms with Crippen molar-refractivity contribution in [3.63, 3.8) is 0 Å². The van der Waals surface area contributed by atoms with Crippen LogP contribution >= 0.6 is 34.8 Å². The van der Waals surface area contributed by atoms with Crippen LogP contribution in [-0.2, 0) is 4.79 Å². The molecule has 0 fully saturated rings. The highest BCUT2D eigenvalue weighted by atomic mass is 35.5. The van der Waals surface area contributed by atoms with Gasteiger partial charge in [0.2, 0.25) is 5.91 Å². The molecule has 22 heavy (non-hydrogen) atoms. The molecule has 0 aliphatic heterocycles. The topological polar surface area (TPSA) is 58.2 Å². The van der Waals surface area contributed by atoms with E-state index in [4.69, 9.17) is 34.8 Å². The number of nitrogens with one attached hydrogen (secondary N) is 2. The maximum atomic E-state index is 12.2. The fraction of sp³-hybridized carbons (Fsp3) is 0.0667. The summed E-state index contributed by atoms with van der Waals surface area (Å²) in [5, 5.41) is 6.24. The number of halogens is 3. The van der Waals surface area contributed by atoms with E-state index in [9.17, 15) is 9.59 Å². The molecule has 0 atom stereocenters. The van der Waals surface area contributed by atoms with E-state index >= 15 is 0 Å². The van der Waals surface area contributed by atoms with E-state index < -0.39 is 5.91 Å². The average Bonchev–Trinajstić information content (AvgIpc) is 2.41. The summed E-state index contributed by atoms with van der Waals surface area (Å²) in [6, 6.07) is 9.35. The summed E-state index contributed by atoms with van der Waals surface area (Å²) in [6.07, 6.45) is 0. The van der Waals surface area contributed by atoms with Crippen LogP contribution in [0.15, 0.2) is 36.4 Å². The maximum Gasteiger partial charge on any atom is 0.257 e. The van der Waals surface area contributed by atoms with Crippen molar-refractivity contribution >= 4 is 58.0 Å². The quantitative estimate of drug-likeness (QED) is 0.824. The molecule has 0 aromatic heterocycles. The molecule has 4 nitrogen and oxygen atoms in total. The summed E-state index contributed by atoms with van der Waals surface area (Å²) in [5.74, 6) is -0.614. The standard InChI is InChI=1S/C15H11Cl3N2O2/c1-8(21)19-10-3-5-14(13(18)7-10)20-15(22)11-4-2-9(16)6-12(11)17/h2-7H,1H3,(H,19,21)(H,20,22). The average molecular weight is 358 g/mol. The fourth-order valence-electron chi connectivity index (χ4n) is 1.76. The van der Waals surface area contributed by atoms with Crippen molar-refractivity contribution in [2.75, 3.05) is 10.6 Å². The highest BCUT2D eigenvalue weighted by Gasteiger charge is 2.13.